The van der Waals surface area contributed by atoms with Gasteiger partial charge in [-0.15, -0.1) is 0 Å². The van der Waals surface area contributed by atoms with E-state index in [0.29, 0.717) is 5.56 Å². The second-order valence-electron chi connectivity index (χ2n) is 6.23. The molecule has 0 aliphatic rings. The van der Waals surface area contributed by atoms with E-state index in [1.807, 2.05) is 51.1 Å². The fourth-order valence-electron chi connectivity index (χ4n) is 2.48. The molecule has 106 valence electrons. The summed E-state index contributed by atoms with van der Waals surface area (Å²) in [5.74, 6) is -0.283. The first-order valence-electron chi connectivity index (χ1n) is 7.09. The van der Waals surface area contributed by atoms with Crippen LogP contribution in [-0.4, -0.2) is 11.6 Å². The van der Waals surface area contributed by atoms with Gasteiger partial charge in [0.05, 0.1) is 5.56 Å². The molecule has 2 heteroatoms. The van der Waals surface area contributed by atoms with E-state index in [2.05, 4.69) is 24.3 Å². The Morgan fingerprint density at radius 2 is 1.48 bits per heavy atom. The van der Waals surface area contributed by atoms with Crippen LogP contribution in [0.4, 0.5) is 0 Å². The van der Waals surface area contributed by atoms with E-state index < -0.39 is 5.60 Å². The summed E-state index contributed by atoms with van der Waals surface area (Å²) in [6.45, 7) is 5.64. The molecule has 0 radical (unpaired) electrons. The lowest BCUT2D eigenvalue weighted by molar-refractivity contribution is 0.00719. The lowest BCUT2D eigenvalue weighted by Gasteiger charge is -2.19. The monoisotopic (exact) mass is 278 g/mol. The highest BCUT2D eigenvalue weighted by molar-refractivity contribution is 6.08. The number of carbonyl (C=O) groups is 1. The molecule has 3 aromatic rings. The Labute approximate surface area is 124 Å². The summed E-state index contributed by atoms with van der Waals surface area (Å²) in [6.07, 6.45) is 0. The number of rotatable bonds is 1. The third kappa shape index (κ3) is 2.75. The van der Waals surface area contributed by atoms with Crippen molar-refractivity contribution >= 4 is 27.5 Å². The largest absolute Gasteiger partial charge is 0.456 e. The van der Waals surface area contributed by atoms with E-state index in [-0.39, 0.29) is 5.97 Å². The maximum absolute atomic E-state index is 12.5. The van der Waals surface area contributed by atoms with Crippen molar-refractivity contribution in [1.82, 2.24) is 0 Å². The molecule has 21 heavy (non-hydrogen) atoms. The second kappa shape index (κ2) is 4.88. The lowest BCUT2D eigenvalue weighted by atomic mass is 10.1. The van der Waals surface area contributed by atoms with Gasteiger partial charge in [0.25, 0.3) is 0 Å². The first kappa shape index (κ1) is 13.6. The van der Waals surface area contributed by atoms with Crippen LogP contribution in [0, 0.1) is 0 Å². The Balaban J connectivity index is 2.24. The van der Waals surface area contributed by atoms with Gasteiger partial charge in [0.1, 0.15) is 5.60 Å². The topological polar surface area (TPSA) is 26.3 Å². The molecule has 0 aliphatic carbocycles. The summed E-state index contributed by atoms with van der Waals surface area (Å²) in [7, 11) is 0. The zero-order chi connectivity index (χ0) is 15.0. The van der Waals surface area contributed by atoms with Crippen LogP contribution in [0.2, 0.25) is 0 Å². The lowest BCUT2D eigenvalue weighted by Crippen LogP contribution is -2.23. The van der Waals surface area contributed by atoms with Crippen molar-refractivity contribution in [2.45, 2.75) is 26.4 Å². The Morgan fingerprint density at radius 1 is 0.857 bits per heavy atom. The number of hydrogen-bond acceptors (Lipinski definition) is 2. The van der Waals surface area contributed by atoms with E-state index in [0.717, 1.165) is 16.2 Å². The van der Waals surface area contributed by atoms with Gasteiger partial charge in [0, 0.05) is 0 Å². The van der Waals surface area contributed by atoms with Crippen LogP contribution in [0.25, 0.3) is 21.5 Å². The van der Waals surface area contributed by atoms with Crippen LogP contribution in [0.1, 0.15) is 31.1 Å². The molecule has 0 spiro atoms. The molecule has 0 heterocycles. The van der Waals surface area contributed by atoms with Crippen LogP contribution in [0.5, 0.6) is 0 Å². The van der Waals surface area contributed by atoms with E-state index in [1.165, 1.54) is 5.39 Å². The van der Waals surface area contributed by atoms with Gasteiger partial charge in [-0.2, -0.15) is 0 Å². The summed E-state index contributed by atoms with van der Waals surface area (Å²) < 4.78 is 5.53. The third-order valence-electron chi connectivity index (χ3n) is 3.37. The average molecular weight is 278 g/mol. The first-order valence-corrected chi connectivity index (χ1v) is 7.09. The normalized spacial score (nSPS) is 11.8. The van der Waals surface area contributed by atoms with E-state index in [9.17, 15) is 4.79 Å². The van der Waals surface area contributed by atoms with Gasteiger partial charge in [0.15, 0.2) is 0 Å². The quantitative estimate of drug-likeness (QED) is 0.589. The third-order valence-corrected chi connectivity index (χ3v) is 3.37. The molecule has 0 amide bonds. The van der Waals surface area contributed by atoms with Crippen LogP contribution in [-0.2, 0) is 4.74 Å². The SMILES string of the molecule is CC(C)(C)OC(=O)c1ccccc2cc3cccc3cc12. The Bertz CT molecular complexity index is 826. The molecule has 3 rings (SSSR count). The summed E-state index contributed by atoms with van der Waals surface area (Å²) in [4.78, 5) is 12.5. The van der Waals surface area contributed by atoms with Gasteiger partial charge in [-0.25, -0.2) is 4.79 Å². The van der Waals surface area contributed by atoms with E-state index >= 15 is 0 Å². The van der Waals surface area contributed by atoms with Gasteiger partial charge in [-0.3, -0.25) is 0 Å². The van der Waals surface area contributed by atoms with Crippen LogP contribution in [0.3, 0.4) is 0 Å². The molecule has 3 aromatic carbocycles. The standard InChI is InChI=1S/C19H18O2/c1-19(2,3)21-18(20)16-10-5-4-7-15-11-13-8-6-9-14(13)12-17(15)16/h4-12H,1-3H3. The van der Waals surface area contributed by atoms with E-state index in [1.54, 1.807) is 0 Å². The molecular weight excluding hydrogens is 260 g/mol. The average Bonchev–Trinajstić information content (AvgIpc) is 2.72. The number of esters is 1. The molecule has 0 saturated heterocycles. The highest BCUT2D eigenvalue weighted by Gasteiger charge is 2.19. The van der Waals surface area contributed by atoms with Gasteiger partial charge < -0.3 is 4.74 Å². The van der Waals surface area contributed by atoms with Gasteiger partial charge in [-0.1, -0.05) is 36.4 Å². The van der Waals surface area contributed by atoms with Crippen molar-refractivity contribution in [2.24, 2.45) is 0 Å². The van der Waals surface area contributed by atoms with Crippen molar-refractivity contribution in [2.75, 3.05) is 0 Å². The van der Waals surface area contributed by atoms with Crippen LogP contribution >= 0.6 is 0 Å². The summed E-state index contributed by atoms with van der Waals surface area (Å²) in [5, 5.41) is 4.29. The number of carbonyl (C=O) groups excluding carboxylic acids is 1. The van der Waals surface area contributed by atoms with Crippen molar-refractivity contribution in [1.29, 1.82) is 0 Å². The molecule has 2 nitrogen and oxygen atoms in total. The maximum atomic E-state index is 12.5. The van der Waals surface area contributed by atoms with Crippen LogP contribution in [0.15, 0.2) is 54.6 Å². The summed E-state index contributed by atoms with van der Waals surface area (Å²) in [5.41, 5.74) is 0.107. The predicted molar refractivity (Wildman–Crippen MR) is 86.6 cm³/mol. The molecule has 0 fully saturated rings. The maximum Gasteiger partial charge on any atom is 0.339 e. The fraction of sp³-hybridized carbons (Fsp3) is 0.211. The van der Waals surface area contributed by atoms with Gasteiger partial charge in [-0.05, 0) is 60.5 Å². The summed E-state index contributed by atoms with van der Waals surface area (Å²) in [6, 6.07) is 18.0. The molecule has 0 unspecified atom stereocenters. The zero-order valence-electron chi connectivity index (χ0n) is 12.5. The smallest absolute Gasteiger partial charge is 0.339 e. The van der Waals surface area contributed by atoms with Crippen molar-refractivity contribution < 1.29 is 9.53 Å². The number of ether oxygens (including phenoxy) is 1. The van der Waals surface area contributed by atoms with Crippen molar-refractivity contribution in [3.8, 4) is 0 Å². The first-order chi connectivity index (χ1) is 9.94. The molecule has 0 bridgehead atoms. The van der Waals surface area contributed by atoms with Crippen molar-refractivity contribution in [3.63, 3.8) is 0 Å². The highest BCUT2D eigenvalue weighted by atomic mass is 16.6. The zero-order valence-corrected chi connectivity index (χ0v) is 12.5. The van der Waals surface area contributed by atoms with Crippen molar-refractivity contribution in [3.05, 3.63) is 60.2 Å². The summed E-state index contributed by atoms with van der Waals surface area (Å²) >= 11 is 0. The van der Waals surface area contributed by atoms with Gasteiger partial charge >= 0.3 is 5.97 Å². The number of benzene rings is 1. The molecule has 0 aromatic heterocycles. The number of hydrogen-bond donors (Lipinski definition) is 0. The predicted octanol–water partition coefficient (Wildman–Crippen LogP) is 4.95. The van der Waals surface area contributed by atoms with Gasteiger partial charge in [0.2, 0.25) is 0 Å². The molecule has 0 N–H and O–H groups in total. The van der Waals surface area contributed by atoms with Crippen LogP contribution < -0.4 is 0 Å². The Hall–Kier alpha value is -2.35. The Morgan fingerprint density at radius 3 is 2.19 bits per heavy atom. The van der Waals surface area contributed by atoms with E-state index in [4.69, 9.17) is 4.74 Å². The number of fused-ring (bicyclic) bond motifs is 2. The molecule has 0 atom stereocenters. The molecule has 0 saturated carbocycles. The highest BCUT2D eigenvalue weighted by Crippen LogP contribution is 2.26. The molecule has 0 aliphatic heterocycles. The minimum atomic E-state index is -0.498. The molecular formula is C19H18O2. The Kier molecular flexibility index (Phi) is 3.17. The minimum absolute atomic E-state index is 0.283. The minimum Gasteiger partial charge on any atom is -0.456 e. The fourth-order valence-corrected chi connectivity index (χ4v) is 2.48. The second-order valence-corrected chi connectivity index (χ2v) is 6.23.